The third kappa shape index (κ3) is 4.13. The Morgan fingerprint density at radius 3 is 3.06 bits per heavy atom. The van der Waals surface area contributed by atoms with Gasteiger partial charge in [-0.25, -0.2) is 4.98 Å². The summed E-state index contributed by atoms with van der Waals surface area (Å²) in [4.78, 5) is 15.0. The highest BCUT2D eigenvalue weighted by atomic mass is 16.5. The number of carbonyl (C=O) groups is 1. The van der Waals surface area contributed by atoms with E-state index in [0.29, 0.717) is 12.5 Å². The van der Waals surface area contributed by atoms with Crippen LogP contribution in [0.4, 0.5) is 0 Å². The SMILES string of the molecule is CCOC(=O)CC=Cc1ccnc(OC)c1. The molecule has 0 amide bonds. The first-order valence-electron chi connectivity index (χ1n) is 5.08. The van der Waals surface area contributed by atoms with Crippen LogP contribution in [0.5, 0.6) is 5.88 Å². The van der Waals surface area contributed by atoms with Gasteiger partial charge < -0.3 is 9.47 Å². The zero-order valence-corrected chi connectivity index (χ0v) is 9.47. The van der Waals surface area contributed by atoms with Crippen LogP contribution in [0, 0.1) is 0 Å². The van der Waals surface area contributed by atoms with E-state index in [0.717, 1.165) is 5.56 Å². The molecule has 0 aromatic carbocycles. The topological polar surface area (TPSA) is 48.4 Å². The number of pyridine rings is 1. The van der Waals surface area contributed by atoms with Crippen molar-refractivity contribution in [3.8, 4) is 5.88 Å². The molecule has 1 rings (SSSR count). The quantitative estimate of drug-likeness (QED) is 0.714. The van der Waals surface area contributed by atoms with Gasteiger partial charge in [-0.15, -0.1) is 0 Å². The Labute approximate surface area is 94.9 Å². The van der Waals surface area contributed by atoms with Gasteiger partial charge in [-0.2, -0.15) is 0 Å². The Bertz CT molecular complexity index is 374. The molecule has 0 aliphatic carbocycles. The highest BCUT2D eigenvalue weighted by molar-refractivity contribution is 5.72. The second-order valence-electron chi connectivity index (χ2n) is 3.04. The smallest absolute Gasteiger partial charge is 0.309 e. The van der Waals surface area contributed by atoms with Gasteiger partial charge in [-0.3, -0.25) is 4.79 Å². The highest BCUT2D eigenvalue weighted by Crippen LogP contribution is 2.10. The fourth-order valence-corrected chi connectivity index (χ4v) is 1.15. The lowest BCUT2D eigenvalue weighted by Crippen LogP contribution is -2.01. The lowest BCUT2D eigenvalue weighted by Gasteiger charge is -1.99. The van der Waals surface area contributed by atoms with Crippen LogP contribution in [-0.2, 0) is 9.53 Å². The van der Waals surface area contributed by atoms with Crippen LogP contribution < -0.4 is 4.74 Å². The normalized spacial score (nSPS) is 10.4. The molecule has 86 valence electrons. The maximum atomic E-state index is 11.0. The Morgan fingerprint density at radius 2 is 2.38 bits per heavy atom. The number of hydrogen-bond acceptors (Lipinski definition) is 4. The van der Waals surface area contributed by atoms with E-state index in [9.17, 15) is 4.79 Å². The minimum Gasteiger partial charge on any atom is -0.481 e. The molecule has 0 saturated heterocycles. The lowest BCUT2D eigenvalue weighted by atomic mass is 10.2. The van der Waals surface area contributed by atoms with E-state index in [1.165, 1.54) is 0 Å². The van der Waals surface area contributed by atoms with E-state index in [-0.39, 0.29) is 12.4 Å². The van der Waals surface area contributed by atoms with Crippen molar-refractivity contribution in [1.82, 2.24) is 4.98 Å². The van der Waals surface area contributed by atoms with Gasteiger partial charge in [0.1, 0.15) is 0 Å². The third-order valence-corrected chi connectivity index (χ3v) is 1.87. The molecule has 1 aromatic heterocycles. The van der Waals surface area contributed by atoms with Crippen molar-refractivity contribution in [3.63, 3.8) is 0 Å². The Balaban J connectivity index is 2.52. The van der Waals surface area contributed by atoms with E-state index in [2.05, 4.69) is 4.98 Å². The predicted octanol–water partition coefficient (Wildman–Crippen LogP) is 2.06. The van der Waals surface area contributed by atoms with Crippen molar-refractivity contribution >= 4 is 12.0 Å². The van der Waals surface area contributed by atoms with Gasteiger partial charge in [0.15, 0.2) is 0 Å². The molecular formula is C12H15NO3. The van der Waals surface area contributed by atoms with Gasteiger partial charge in [0, 0.05) is 12.3 Å². The molecule has 1 heterocycles. The van der Waals surface area contributed by atoms with Crippen LogP contribution in [0.2, 0.25) is 0 Å². The van der Waals surface area contributed by atoms with Gasteiger partial charge >= 0.3 is 5.97 Å². The third-order valence-electron chi connectivity index (χ3n) is 1.87. The number of aromatic nitrogens is 1. The summed E-state index contributed by atoms with van der Waals surface area (Å²) in [7, 11) is 1.56. The number of hydrogen-bond donors (Lipinski definition) is 0. The predicted molar refractivity (Wildman–Crippen MR) is 61.1 cm³/mol. The molecule has 0 radical (unpaired) electrons. The number of esters is 1. The number of carbonyl (C=O) groups excluding carboxylic acids is 1. The summed E-state index contributed by atoms with van der Waals surface area (Å²) >= 11 is 0. The summed E-state index contributed by atoms with van der Waals surface area (Å²) in [6.07, 6.45) is 5.52. The van der Waals surface area contributed by atoms with Crippen LogP contribution in [0.1, 0.15) is 18.9 Å². The van der Waals surface area contributed by atoms with Crippen molar-refractivity contribution in [2.24, 2.45) is 0 Å². The lowest BCUT2D eigenvalue weighted by molar-refractivity contribution is -0.142. The molecular weight excluding hydrogens is 206 g/mol. The molecule has 4 nitrogen and oxygen atoms in total. The fourth-order valence-electron chi connectivity index (χ4n) is 1.15. The number of nitrogens with zero attached hydrogens (tertiary/aromatic N) is 1. The van der Waals surface area contributed by atoms with Crippen molar-refractivity contribution < 1.29 is 14.3 Å². The van der Waals surface area contributed by atoms with Crippen molar-refractivity contribution in [2.75, 3.05) is 13.7 Å². The standard InChI is InChI=1S/C12H15NO3/c1-3-16-12(14)6-4-5-10-7-8-13-11(9-10)15-2/h4-5,7-9H,3,6H2,1-2H3. The van der Waals surface area contributed by atoms with E-state index < -0.39 is 0 Å². The molecule has 1 aromatic rings. The van der Waals surface area contributed by atoms with Crippen LogP contribution in [0.3, 0.4) is 0 Å². The summed E-state index contributed by atoms with van der Waals surface area (Å²) in [5.74, 6) is 0.332. The largest absolute Gasteiger partial charge is 0.481 e. The molecule has 0 bridgehead atoms. The molecule has 16 heavy (non-hydrogen) atoms. The molecule has 0 aliphatic rings. The van der Waals surface area contributed by atoms with Crippen molar-refractivity contribution in [1.29, 1.82) is 0 Å². The second-order valence-corrected chi connectivity index (χ2v) is 3.04. The van der Waals surface area contributed by atoms with Gasteiger partial charge in [-0.05, 0) is 18.6 Å². The van der Waals surface area contributed by atoms with Crippen molar-refractivity contribution in [2.45, 2.75) is 13.3 Å². The highest BCUT2D eigenvalue weighted by Gasteiger charge is 1.97. The van der Waals surface area contributed by atoms with Gasteiger partial charge in [0.2, 0.25) is 5.88 Å². The summed E-state index contributed by atoms with van der Waals surface area (Å²) < 4.78 is 9.78. The number of methoxy groups -OCH3 is 1. The molecule has 0 spiro atoms. The van der Waals surface area contributed by atoms with E-state index in [1.54, 1.807) is 32.4 Å². The Hall–Kier alpha value is -1.84. The maximum absolute atomic E-state index is 11.0. The fraction of sp³-hybridized carbons (Fsp3) is 0.333. The first kappa shape index (κ1) is 12.2. The first-order chi connectivity index (χ1) is 7.76. The van der Waals surface area contributed by atoms with Crippen LogP contribution in [0.25, 0.3) is 6.08 Å². The monoisotopic (exact) mass is 221 g/mol. The van der Waals surface area contributed by atoms with Crippen LogP contribution >= 0.6 is 0 Å². The second kappa shape index (κ2) is 6.61. The summed E-state index contributed by atoms with van der Waals surface area (Å²) in [6.45, 7) is 2.20. The minimum atomic E-state index is -0.222. The average molecular weight is 221 g/mol. The molecule has 0 unspecified atom stereocenters. The average Bonchev–Trinajstić information content (AvgIpc) is 2.30. The van der Waals surface area contributed by atoms with Gasteiger partial charge in [0.25, 0.3) is 0 Å². The van der Waals surface area contributed by atoms with E-state index >= 15 is 0 Å². The van der Waals surface area contributed by atoms with E-state index in [4.69, 9.17) is 9.47 Å². The zero-order valence-electron chi connectivity index (χ0n) is 9.47. The summed E-state index contributed by atoms with van der Waals surface area (Å²) in [5, 5.41) is 0. The van der Waals surface area contributed by atoms with Crippen molar-refractivity contribution in [3.05, 3.63) is 30.0 Å². The summed E-state index contributed by atoms with van der Waals surface area (Å²) in [6, 6.07) is 3.63. The Morgan fingerprint density at radius 1 is 1.56 bits per heavy atom. The zero-order chi connectivity index (χ0) is 11.8. The molecule has 0 atom stereocenters. The van der Waals surface area contributed by atoms with Gasteiger partial charge in [0.05, 0.1) is 20.1 Å². The van der Waals surface area contributed by atoms with Crippen LogP contribution in [0.15, 0.2) is 24.4 Å². The van der Waals surface area contributed by atoms with Gasteiger partial charge in [-0.1, -0.05) is 12.2 Å². The molecule has 4 heteroatoms. The minimum absolute atomic E-state index is 0.222. The number of rotatable bonds is 5. The maximum Gasteiger partial charge on any atom is 0.309 e. The first-order valence-corrected chi connectivity index (χ1v) is 5.08. The number of ether oxygens (including phenoxy) is 2. The molecule has 0 fully saturated rings. The summed E-state index contributed by atoms with van der Waals surface area (Å²) in [5.41, 5.74) is 0.941. The molecule has 0 saturated carbocycles. The molecule has 0 aliphatic heterocycles. The van der Waals surface area contributed by atoms with E-state index in [1.807, 2.05) is 12.1 Å². The molecule has 0 N–H and O–H groups in total. The Kier molecular flexibility index (Phi) is 5.05. The van der Waals surface area contributed by atoms with Crippen LogP contribution in [-0.4, -0.2) is 24.7 Å².